The van der Waals surface area contributed by atoms with Crippen LogP contribution >= 0.6 is 11.3 Å². The molecule has 0 fully saturated rings. The van der Waals surface area contributed by atoms with Crippen LogP contribution < -0.4 is 4.90 Å². The van der Waals surface area contributed by atoms with E-state index in [0.717, 1.165) is 10.5 Å². The van der Waals surface area contributed by atoms with E-state index in [1.165, 1.54) is 16.2 Å². The molecule has 1 N–H and O–H groups in total. The van der Waals surface area contributed by atoms with Crippen molar-refractivity contribution in [3.63, 3.8) is 0 Å². The van der Waals surface area contributed by atoms with Gasteiger partial charge in [-0.3, -0.25) is 9.59 Å². The van der Waals surface area contributed by atoms with Gasteiger partial charge >= 0.3 is 0 Å². The van der Waals surface area contributed by atoms with Gasteiger partial charge in [-0.1, -0.05) is 30.4 Å². The van der Waals surface area contributed by atoms with Crippen molar-refractivity contribution in [3.05, 3.63) is 63.9 Å². The number of aliphatic hydroxyl groups is 1. The van der Waals surface area contributed by atoms with Gasteiger partial charge in [0.1, 0.15) is 0 Å². The van der Waals surface area contributed by atoms with Crippen molar-refractivity contribution in [1.29, 1.82) is 0 Å². The average molecular weight is 341 g/mol. The molecular formula is C19H19NO3S. The standard InChI is InChI=1S/C19H19NO3S/c1-12(2)11-20-15-7-5-4-6-14(15)19(23,18(20)22)10-16(21)17-9-8-13(3)24-17/h4-9,23H,1,10-11H2,2-3H3. The van der Waals surface area contributed by atoms with Crippen molar-refractivity contribution in [3.8, 4) is 0 Å². The Labute approximate surface area is 145 Å². The normalized spacial score (nSPS) is 19.5. The highest BCUT2D eigenvalue weighted by atomic mass is 32.1. The van der Waals surface area contributed by atoms with Gasteiger partial charge in [-0.05, 0) is 32.0 Å². The Hall–Kier alpha value is -2.24. The molecule has 124 valence electrons. The number of anilines is 1. The minimum atomic E-state index is -1.82. The molecule has 1 aromatic heterocycles. The fraction of sp³-hybridized carbons (Fsp3) is 0.263. The summed E-state index contributed by atoms with van der Waals surface area (Å²) in [6, 6.07) is 10.7. The number of carbonyl (C=O) groups excluding carboxylic acids is 2. The summed E-state index contributed by atoms with van der Waals surface area (Å²) in [5.41, 5.74) is 0.116. The zero-order valence-corrected chi connectivity index (χ0v) is 14.5. The van der Waals surface area contributed by atoms with E-state index in [1.807, 2.05) is 26.0 Å². The third-order valence-electron chi connectivity index (χ3n) is 4.10. The van der Waals surface area contributed by atoms with E-state index in [0.29, 0.717) is 22.7 Å². The monoisotopic (exact) mass is 341 g/mol. The number of hydrogen-bond acceptors (Lipinski definition) is 4. The van der Waals surface area contributed by atoms with Crippen molar-refractivity contribution in [2.75, 3.05) is 11.4 Å². The van der Waals surface area contributed by atoms with Gasteiger partial charge in [-0.15, -0.1) is 11.3 Å². The summed E-state index contributed by atoms with van der Waals surface area (Å²) in [7, 11) is 0. The summed E-state index contributed by atoms with van der Waals surface area (Å²) in [5, 5.41) is 11.1. The first kappa shape index (κ1) is 16.6. The predicted molar refractivity (Wildman–Crippen MR) is 95.5 cm³/mol. The number of nitrogens with zero attached hydrogens (tertiary/aromatic N) is 1. The minimum Gasteiger partial charge on any atom is -0.375 e. The lowest BCUT2D eigenvalue weighted by atomic mass is 9.89. The first-order valence-electron chi connectivity index (χ1n) is 7.71. The number of fused-ring (bicyclic) bond motifs is 1. The van der Waals surface area contributed by atoms with Crippen LogP contribution in [-0.2, 0) is 10.4 Å². The minimum absolute atomic E-state index is 0.226. The Kier molecular flexibility index (Phi) is 4.15. The van der Waals surface area contributed by atoms with Gasteiger partial charge in [0, 0.05) is 17.0 Å². The first-order chi connectivity index (χ1) is 11.3. The van der Waals surface area contributed by atoms with Crippen LogP contribution in [0, 0.1) is 6.92 Å². The van der Waals surface area contributed by atoms with Gasteiger partial charge < -0.3 is 10.0 Å². The van der Waals surface area contributed by atoms with Gasteiger partial charge in [0.05, 0.1) is 17.0 Å². The Bertz CT molecular complexity index is 839. The molecule has 1 amide bonds. The van der Waals surface area contributed by atoms with Crippen LogP contribution in [0.2, 0.25) is 0 Å². The second-order valence-electron chi connectivity index (χ2n) is 6.24. The number of hydrogen-bond donors (Lipinski definition) is 1. The van der Waals surface area contributed by atoms with Crippen molar-refractivity contribution in [1.82, 2.24) is 0 Å². The van der Waals surface area contributed by atoms with Crippen molar-refractivity contribution < 1.29 is 14.7 Å². The molecule has 1 aliphatic rings. The van der Waals surface area contributed by atoms with E-state index in [9.17, 15) is 14.7 Å². The van der Waals surface area contributed by atoms with Crippen LogP contribution in [0.25, 0.3) is 0 Å². The molecule has 0 aliphatic carbocycles. The topological polar surface area (TPSA) is 57.6 Å². The number of para-hydroxylation sites is 1. The lowest BCUT2D eigenvalue weighted by molar-refractivity contribution is -0.135. The summed E-state index contributed by atoms with van der Waals surface area (Å²) in [6.07, 6.45) is -0.254. The number of carbonyl (C=O) groups is 2. The highest BCUT2D eigenvalue weighted by Crippen LogP contribution is 2.43. The molecule has 0 radical (unpaired) electrons. The number of ketones is 1. The van der Waals surface area contributed by atoms with E-state index < -0.39 is 11.5 Å². The van der Waals surface area contributed by atoms with Crippen molar-refractivity contribution in [2.45, 2.75) is 25.9 Å². The number of rotatable bonds is 5. The van der Waals surface area contributed by atoms with Crippen LogP contribution in [0.1, 0.15) is 33.5 Å². The zero-order chi connectivity index (χ0) is 17.5. The highest BCUT2D eigenvalue weighted by Gasteiger charge is 2.50. The maximum absolute atomic E-state index is 12.9. The fourth-order valence-electron chi connectivity index (χ4n) is 3.01. The number of benzene rings is 1. The van der Waals surface area contributed by atoms with Crippen LogP contribution in [0.4, 0.5) is 5.69 Å². The third-order valence-corrected chi connectivity index (χ3v) is 5.14. The molecule has 3 rings (SSSR count). The molecule has 1 atom stereocenters. The van der Waals surface area contributed by atoms with Crippen molar-refractivity contribution >= 4 is 28.7 Å². The second-order valence-corrected chi connectivity index (χ2v) is 7.52. The van der Waals surface area contributed by atoms with Crippen LogP contribution in [-0.4, -0.2) is 23.3 Å². The van der Waals surface area contributed by atoms with E-state index in [-0.39, 0.29) is 12.2 Å². The quantitative estimate of drug-likeness (QED) is 0.669. The van der Waals surface area contributed by atoms with Gasteiger partial charge in [0.15, 0.2) is 11.4 Å². The molecular weight excluding hydrogens is 322 g/mol. The second kappa shape index (κ2) is 6.00. The number of Topliss-reactive ketones (excluding diaryl/α,β-unsaturated/α-hetero) is 1. The lowest BCUT2D eigenvalue weighted by Crippen LogP contribution is -2.42. The summed E-state index contributed by atoms with van der Waals surface area (Å²) in [4.78, 5) is 28.5. The molecule has 4 nitrogen and oxygen atoms in total. The van der Waals surface area contributed by atoms with E-state index in [4.69, 9.17) is 0 Å². The Morgan fingerprint density at radius 2 is 2.00 bits per heavy atom. The van der Waals surface area contributed by atoms with Gasteiger partial charge in [0.2, 0.25) is 0 Å². The molecule has 24 heavy (non-hydrogen) atoms. The van der Waals surface area contributed by atoms with Gasteiger partial charge in [-0.25, -0.2) is 0 Å². The number of amides is 1. The number of thiophene rings is 1. The predicted octanol–water partition coefficient (Wildman–Crippen LogP) is 3.44. The largest absolute Gasteiger partial charge is 0.375 e. The first-order valence-corrected chi connectivity index (χ1v) is 8.52. The van der Waals surface area contributed by atoms with E-state index >= 15 is 0 Å². The summed E-state index contributed by atoms with van der Waals surface area (Å²) in [6.45, 7) is 7.91. The smallest absolute Gasteiger partial charge is 0.264 e. The molecule has 2 aromatic rings. The fourth-order valence-corrected chi connectivity index (χ4v) is 3.81. The van der Waals surface area contributed by atoms with E-state index in [1.54, 1.807) is 24.3 Å². The summed E-state index contributed by atoms with van der Waals surface area (Å²) in [5.74, 6) is -0.691. The number of aryl methyl sites for hydroxylation is 1. The SMILES string of the molecule is C=C(C)CN1C(=O)C(O)(CC(=O)c2ccc(C)s2)c2ccccc21. The maximum Gasteiger partial charge on any atom is 0.264 e. The lowest BCUT2D eigenvalue weighted by Gasteiger charge is -2.22. The van der Waals surface area contributed by atoms with Crippen molar-refractivity contribution in [2.24, 2.45) is 0 Å². The van der Waals surface area contributed by atoms with Crippen LogP contribution in [0.5, 0.6) is 0 Å². The molecule has 0 saturated heterocycles. The highest BCUT2D eigenvalue weighted by molar-refractivity contribution is 7.14. The Morgan fingerprint density at radius 1 is 1.29 bits per heavy atom. The summed E-state index contributed by atoms with van der Waals surface area (Å²) < 4.78 is 0. The Balaban J connectivity index is 1.98. The molecule has 1 aliphatic heterocycles. The third kappa shape index (κ3) is 2.70. The molecule has 2 heterocycles. The van der Waals surface area contributed by atoms with Crippen LogP contribution in [0.3, 0.4) is 0 Å². The molecule has 1 aromatic carbocycles. The average Bonchev–Trinajstić information content (AvgIpc) is 3.05. The molecule has 1 unspecified atom stereocenters. The molecule has 0 bridgehead atoms. The molecule has 0 saturated carbocycles. The van der Waals surface area contributed by atoms with Gasteiger partial charge in [-0.2, -0.15) is 0 Å². The summed E-state index contributed by atoms with van der Waals surface area (Å²) >= 11 is 1.37. The molecule has 0 spiro atoms. The van der Waals surface area contributed by atoms with Gasteiger partial charge in [0.25, 0.3) is 5.91 Å². The Morgan fingerprint density at radius 3 is 2.62 bits per heavy atom. The van der Waals surface area contributed by atoms with Crippen LogP contribution in [0.15, 0.2) is 48.6 Å². The maximum atomic E-state index is 12.9. The molecule has 5 heteroatoms. The zero-order valence-electron chi connectivity index (χ0n) is 13.7. The van der Waals surface area contributed by atoms with E-state index in [2.05, 4.69) is 6.58 Å².